The molecule has 2 atom stereocenters. The maximum atomic E-state index is 9.78. The van der Waals surface area contributed by atoms with Gasteiger partial charge in [0.1, 0.15) is 0 Å². The Labute approximate surface area is 157 Å². The van der Waals surface area contributed by atoms with Crippen LogP contribution in [0.15, 0.2) is 35.3 Å². The van der Waals surface area contributed by atoms with Crippen molar-refractivity contribution in [1.29, 1.82) is 0 Å². The van der Waals surface area contributed by atoms with Crippen molar-refractivity contribution in [2.45, 2.75) is 32.4 Å². The average Bonchev–Trinajstić information content (AvgIpc) is 3.12. The largest absolute Gasteiger partial charge is 0.391 e. The number of β-amino-alcohol motifs (C(OH)–C–C–N with tert-alkyl or cyclic N) is 1. The summed E-state index contributed by atoms with van der Waals surface area (Å²) in [4.78, 5) is 12.0. The number of guanidine groups is 1. The van der Waals surface area contributed by atoms with E-state index in [2.05, 4.69) is 64.2 Å². The van der Waals surface area contributed by atoms with E-state index in [-0.39, 0.29) is 6.10 Å². The number of aliphatic hydroxyl groups excluding tert-OH is 1. The number of likely N-dealkylation sites (tertiary alicyclic amines) is 1. The van der Waals surface area contributed by atoms with Crippen LogP contribution in [0.4, 0.5) is 5.69 Å². The van der Waals surface area contributed by atoms with Crippen molar-refractivity contribution >= 4 is 11.6 Å². The summed E-state index contributed by atoms with van der Waals surface area (Å²) in [6.07, 6.45) is 0.615. The van der Waals surface area contributed by atoms with E-state index in [0.29, 0.717) is 12.6 Å². The van der Waals surface area contributed by atoms with Crippen molar-refractivity contribution < 1.29 is 5.11 Å². The highest BCUT2D eigenvalue weighted by Crippen LogP contribution is 2.17. The molecule has 3 rings (SSSR count). The molecule has 144 valence electrons. The van der Waals surface area contributed by atoms with Crippen molar-refractivity contribution in [3.05, 3.63) is 30.3 Å². The number of hydrogen-bond donors (Lipinski definition) is 2. The van der Waals surface area contributed by atoms with E-state index in [4.69, 9.17) is 4.99 Å². The van der Waals surface area contributed by atoms with Gasteiger partial charge in [0.05, 0.1) is 12.6 Å². The summed E-state index contributed by atoms with van der Waals surface area (Å²) in [6, 6.07) is 11.1. The summed E-state index contributed by atoms with van der Waals surface area (Å²) in [5, 5.41) is 13.1. The molecule has 1 aromatic rings. The molecular formula is C20H33N5O. The first kappa shape index (κ1) is 19.0. The monoisotopic (exact) mass is 359 g/mol. The number of nitrogens with one attached hydrogen (secondary N) is 1. The Morgan fingerprint density at radius 1 is 1.19 bits per heavy atom. The smallest absolute Gasteiger partial charge is 0.194 e. The summed E-state index contributed by atoms with van der Waals surface area (Å²) in [5.74, 6) is 0.943. The Kier molecular flexibility index (Phi) is 6.74. The number of nitrogens with zero attached hydrogens (tertiary/aromatic N) is 4. The zero-order valence-electron chi connectivity index (χ0n) is 16.1. The van der Waals surface area contributed by atoms with Crippen LogP contribution in [-0.2, 0) is 0 Å². The van der Waals surface area contributed by atoms with Crippen LogP contribution in [0.5, 0.6) is 0 Å². The number of aliphatic hydroxyl groups is 1. The van der Waals surface area contributed by atoms with Crippen LogP contribution in [0.2, 0.25) is 0 Å². The fourth-order valence-corrected chi connectivity index (χ4v) is 3.75. The quantitative estimate of drug-likeness (QED) is 0.612. The number of piperazine rings is 1. The molecule has 1 aromatic carbocycles. The molecule has 0 aliphatic carbocycles. The SMILES string of the molecule is CCNC(=NCC(C)N1CCN(c2ccccc2)CC1)N1CC[C@@H](O)C1. The van der Waals surface area contributed by atoms with Crippen LogP contribution in [0.25, 0.3) is 0 Å². The highest BCUT2D eigenvalue weighted by molar-refractivity contribution is 5.80. The van der Waals surface area contributed by atoms with Crippen LogP contribution in [0, 0.1) is 0 Å². The van der Waals surface area contributed by atoms with Crippen LogP contribution in [0.3, 0.4) is 0 Å². The molecular weight excluding hydrogens is 326 g/mol. The molecule has 1 unspecified atom stereocenters. The van der Waals surface area contributed by atoms with Gasteiger partial charge in [0.2, 0.25) is 0 Å². The summed E-state index contributed by atoms with van der Waals surface area (Å²) in [5.41, 5.74) is 1.32. The Balaban J connectivity index is 1.50. The van der Waals surface area contributed by atoms with Gasteiger partial charge in [-0.25, -0.2) is 0 Å². The number of rotatable bonds is 5. The van der Waals surface area contributed by atoms with E-state index >= 15 is 0 Å². The molecule has 26 heavy (non-hydrogen) atoms. The second kappa shape index (κ2) is 9.24. The standard InChI is InChI=1S/C20H33N5O/c1-3-21-20(25-10-9-19(26)16-25)22-15-17(2)23-11-13-24(14-12-23)18-7-5-4-6-8-18/h4-8,17,19,26H,3,9-16H2,1-2H3,(H,21,22)/t17?,19-/m1/s1. The number of aliphatic imine (C=N–C) groups is 1. The van der Waals surface area contributed by atoms with Gasteiger partial charge in [0.15, 0.2) is 5.96 Å². The topological polar surface area (TPSA) is 54.3 Å². The van der Waals surface area contributed by atoms with E-state index in [1.54, 1.807) is 0 Å². The van der Waals surface area contributed by atoms with Crippen molar-refractivity contribution in [3.63, 3.8) is 0 Å². The Bertz CT molecular complexity index is 571. The molecule has 0 amide bonds. The van der Waals surface area contributed by atoms with Gasteiger partial charge in [-0.15, -0.1) is 0 Å². The lowest BCUT2D eigenvalue weighted by atomic mass is 10.2. The molecule has 0 spiro atoms. The van der Waals surface area contributed by atoms with Crippen LogP contribution >= 0.6 is 0 Å². The third-order valence-electron chi connectivity index (χ3n) is 5.36. The van der Waals surface area contributed by atoms with E-state index in [1.165, 1.54) is 5.69 Å². The van der Waals surface area contributed by atoms with Crippen molar-refractivity contribution in [2.75, 3.05) is 57.3 Å². The summed E-state index contributed by atoms with van der Waals surface area (Å²) in [6.45, 7) is 11.9. The minimum Gasteiger partial charge on any atom is -0.391 e. The minimum atomic E-state index is -0.220. The van der Waals surface area contributed by atoms with Crippen molar-refractivity contribution in [2.24, 2.45) is 4.99 Å². The van der Waals surface area contributed by atoms with E-state index in [9.17, 15) is 5.11 Å². The molecule has 0 radical (unpaired) electrons. The van der Waals surface area contributed by atoms with Gasteiger partial charge in [-0.05, 0) is 32.4 Å². The normalized spacial score (nSPS) is 23.3. The zero-order chi connectivity index (χ0) is 18.4. The second-order valence-electron chi connectivity index (χ2n) is 7.29. The molecule has 2 N–H and O–H groups in total. The summed E-state index contributed by atoms with van der Waals surface area (Å²) in [7, 11) is 0. The number of para-hydroxylation sites is 1. The molecule has 2 aliphatic rings. The summed E-state index contributed by atoms with van der Waals surface area (Å²) >= 11 is 0. The third-order valence-corrected chi connectivity index (χ3v) is 5.36. The number of anilines is 1. The lowest BCUT2D eigenvalue weighted by Crippen LogP contribution is -2.50. The Hall–Kier alpha value is -1.79. The fourth-order valence-electron chi connectivity index (χ4n) is 3.75. The first-order valence-electron chi connectivity index (χ1n) is 9.92. The molecule has 2 fully saturated rings. The Morgan fingerprint density at radius 3 is 2.54 bits per heavy atom. The van der Waals surface area contributed by atoms with Crippen molar-refractivity contribution in [3.8, 4) is 0 Å². The van der Waals surface area contributed by atoms with Gasteiger partial charge >= 0.3 is 0 Å². The predicted molar refractivity (Wildman–Crippen MR) is 108 cm³/mol. The first-order chi connectivity index (χ1) is 12.7. The van der Waals surface area contributed by atoms with Gasteiger partial charge in [0, 0.05) is 57.5 Å². The van der Waals surface area contributed by atoms with E-state index in [0.717, 1.165) is 58.2 Å². The van der Waals surface area contributed by atoms with Crippen molar-refractivity contribution in [1.82, 2.24) is 15.1 Å². The lowest BCUT2D eigenvalue weighted by molar-refractivity contribution is 0.187. The molecule has 0 aromatic heterocycles. The fraction of sp³-hybridized carbons (Fsp3) is 0.650. The number of benzene rings is 1. The summed E-state index contributed by atoms with van der Waals surface area (Å²) < 4.78 is 0. The second-order valence-corrected chi connectivity index (χ2v) is 7.29. The van der Waals surface area contributed by atoms with Gasteiger partial charge in [-0.2, -0.15) is 0 Å². The maximum absolute atomic E-state index is 9.78. The molecule has 2 aliphatic heterocycles. The minimum absolute atomic E-state index is 0.220. The molecule has 6 heteroatoms. The molecule has 2 saturated heterocycles. The molecule has 0 bridgehead atoms. The lowest BCUT2D eigenvalue weighted by Gasteiger charge is -2.38. The highest BCUT2D eigenvalue weighted by Gasteiger charge is 2.24. The van der Waals surface area contributed by atoms with Crippen LogP contribution in [0.1, 0.15) is 20.3 Å². The van der Waals surface area contributed by atoms with E-state index < -0.39 is 0 Å². The van der Waals surface area contributed by atoms with Crippen LogP contribution in [-0.4, -0.2) is 85.4 Å². The molecule has 2 heterocycles. The van der Waals surface area contributed by atoms with E-state index in [1.807, 2.05) is 0 Å². The third kappa shape index (κ3) is 4.89. The predicted octanol–water partition coefficient (Wildman–Crippen LogP) is 1.23. The van der Waals surface area contributed by atoms with Gasteiger partial charge < -0.3 is 20.2 Å². The van der Waals surface area contributed by atoms with Gasteiger partial charge in [0.25, 0.3) is 0 Å². The molecule has 0 saturated carbocycles. The average molecular weight is 360 g/mol. The maximum Gasteiger partial charge on any atom is 0.194 e. The first-order valence-corrected chi connectivity index (χ1v) is 9.92. The number of hydrogen-bond acceptors (Lipinski definition) is 4. The molecule has 6 nitrogen and oxygen atoms in total. The zero-order valence-corrected chi connectivity index (χ0v) is 16.1. The van der Waals surface area contributed by atoms with Gasteiger partial charge in [-0.3, -0.25) is 9.89 Å². The highest BCUT2D eigenvalue weighted by atomic mass is 16.3. The van der Waals surface area contributed by atoms with Gasteiger partial charge in [-0.1, -0.05) is 18.2 Å². The Morgan fingerprint density at radius 2 is 1.92 bits per heavy atom. The van der Waals surface area contributed by atoms with Crippen LogP contribution < -0.4 is 10.2 Å².